The average Bonchev–Trinajstić information content (AvgIpc) is 2.89. The zero-order valence-electron chi connectivity index (χ0n) is 11.9. The number of hydrogen-bond acceptors (Lipinski definition) is 4. The minimum atomic E-state index is -1.20. The van der Waals surface area contributed by atoms with Crippen LogP contribution in [0.2, 0.25) is 10.0 Å². The smallest absolute Gasteiger partial charge is 0.303 e. The van der Waals surface area contributed by atoms with E-state index in [1.807, 2.05) is 0 Å². The first-order valence-electron chi connectivity index (χ1n) is 6.55. The fraction of sp³-hybridized carbons (Fsp3) is 0.143. The van der Waals surface area contributed by atoms with E-state index in [9.17, 15) is 18.8 Å². The summed E-state index contributed by atoms with van der Waals surface area (Å²) in [4.78, 5) is 34.2. The van der Waals surface area contributed by atoms with Crippen LogP contribution in [0.15, 0.2) is 24.3 Å². The number of nitrogens with one attached hydrogen (secondary N) is 1. The molecular weight excluding hydrogens is 364 g/mol. The summed E-state index contributed by atoms with van der Waals surface area (Å²) in [7, 11) is 0. The van der Waals surface area contributed by atoms with Gasteiger partial charge in [0.25, 0.3) is 5.91 Å². The summed E-state index contributed by atoms with van der Waals surface area (Å²) in [6.45, 7) is 0. The molecule has 7 nitrogen and oxygen atoms in total. The van der Waals surface area contributed by atoms with Crippen LogP contribution in [0.3, 0.4) is 0 Å². The van der Waals surface area contributed by atoms with Crippen molar-refractivity contribution < 1.29 is 23.9 Å². The van der Waals surface area contributed by atoms with E-state index in [0.29, 0.717) is 9.70 Å². The maximum Gasteiger partial charge on any atom is 0.303 e. The second kappa shape index (κ2) is 7.41. The first-order chi connectivity index (χ1) is 11.3. The van der Waals surface area contributed by atoms with Gasteiger partial charge < -0.3 is 10.4 Å². The van der Waals surface area contributed by atoms with E-state index < -0.39 is 36.6 Å². The summed E-state index contributed by atoms with van der Waals surface area (Å²) in [5.74, 6) is -3.94. The Labute approximate surface area is 145 Å². The zero-order valence-corrected chi connectivity index (χ0v) is 13.4. The number of amides is 1. The fourth-order valence-corrected chi connectivity index (χ4v) is 2.20. The van der Waals surface area contributed by atoms with E-state index >= 15 is 0 Å². The van der Waals surface area contributed by atoms with Crippen LogP contribution in [0.25, 0.3) is 0 Å². The van der Waals surface area contributed by atoms with E-state index in [-0.39, 0.29) is 16.4 Å². The Bertz CT molecular complexity index is 822. The number of aliphatic carboxylic acids is 1. The Morgan fingerprint density at radius 3 is 2.54 bits per heavy atom. The predicted molar refractivity (Wildman–Crippen MR) is 84.1 cm³/mol. The van der Waals surface area contributed by atoms with Crippen LogP contribution in [0.4, 0.5) is 10.1 Å². The molecular formula is C14H10Cl2FN3O4. The molecule has 0 radical (unpaired) electrons. The van der Waals surface area contributed by atoms with Crippen LogP contribution in [0, 0.1) is 5.95 Å². The molecule has 10 heteroatoms. The SMILES string of the molecule is O=C(O)CCC(=O)n1nc(C(=O)Nc2ccc(Cl)cc2Cl)cc1F. The lowest BCUT2D eigenvalue weighted by Crippen LogP contribution is -2.18. The molecule has 1 amide bonds. The van der Waals surface area contributed by atoms with Crippen molar-refractivity contribution in [3.63, 3.8) is 0 Å². The normalized spacial score (nSPS) is 10.5. The minimum absolute atomic E-state index is 0.174. The number of nitrogens with zero attached hydrogens (tertiary/aromatic N) is 2. The van der Waals surface area contributed by atoms with Gasteiger partial charge >= 0.3 is 5.97 Å². The third-order valence-electron chi connectivity index (χ3n) is 2.87. The molecule has 2 aromatic rings. The molecule has 24 heavy (non-hydrogen) atoms. The number of rotatable bonds is 5. The molecule has 0 saturated heterocycles. The molecule has 0 aliphatic heterocycles. The monoisotopic (exact) mass is 373 g/mol. The highest BCUT2D eigenvalue weighted by Gasteiger charge is 2.19. The van der Waals surface area contributed by atoms with Crippen molar-refractivity contribution >= 4 is 46.7 Å². The second-order valence-electron chi connectivity index (χ2n) is 4.63. The number of carboxylic acid groups (broad SMARTS) is 1. The van der Waals surface area contributed by atoms with Gasteiger partial charge in [-0.05, 0) is 18.2 Å². The lowest BCUT2D eigenvalue weighted by molar-refractivity contribution is -0.137. The van der Waals surface area contributed by atoms with Gasteiger partial charge in [0.15, 0.2) is 5.69 Å². The average molecular weight is 374 g/mol. The molecule has 0 aliphatic carbocycles. The Hall–Kier alpha value is -2.45. The lowest BCUT2D eigenvalue weighted by Gasteiger charge is -2.05. The third-order valence-corrected chi connectivity index (χ3v) is 3.41. The van der Waals surface area contributed by atoms with Gasteiger partial charge in [0.2, 0.25) is 11.9 Å². The molecule has 0 bridgehead atoms. The first kappa shape index (κ1) is 17.9. The molecule has 2 N–H and O–H groups in total. The minimum Gasteiger partial charge on any atom is -0.481 e. The summed E-state index contributed by atoms with van der Waals surface area (Å²) in [6, 6.07) is 5.12. The van der Waals surface area contributed by atoms with Crippen molar-refractivity contribution in [3.05, 3.63) is 46.0 Å². The highest BCUT2D eigenvalue weighted by Crippen LogP contribution is 2.25. The second-order valence-corrected chi connectivity index (χ2v) is 5.47. The lowest BCUT2D eigenvalue weighted by atomic mass is 10.3. The molecule has 1 aromatic carbocycles. The van der Waals surface area contributed by atoms with E-state index in [2.05, 4.69) is 10.4 Å². The van der Waals surface area contributed by atoms with E-state index in [4.69, 9.17) is 28.3 Å². The Morgan fingerprint density at radius 2 is 1.92 bits per heavy atom. The number of halogens is 3. The highest BCUT2D eigenvalue weighted by molar-refractivity contribution is 6.36. The maximum absolute atomic E-state index is 13.7. The van der Waals surface area contributed by atoms with Crippen molar-refractivity contribution in [2.45, 2.75) is 12.8 Å². The van der Waals surface area contributed by atoms with Crippen molar-refractivity contribution in [1.29, 1.82) is 0 Å². The van der Waals surface area contributed by atoms with Crippen LogP contribution >= 0.6 is 23.2 Å². The topological polar surface area (TPSA) is 101 Å². The number of carbonyl (C=O) groups is 3. The summed E-state index contributed by atoms with van der Waals surface area (Å²) in [5, 5.41) is 15.0. The Kier molecular flexibility index (Phi) is 5.53. The van der Waals surface area contributed by atoms with E-state index in [0.717, 1.165) is 6.07 Å². The van der Waals surface area contributed by atoms with Crippen molar-refractivity contribution in [2.24, 2.45) is 0 Å². The number of aromatic nitrogens is 2. The maximum atomic E-state index is 13.7. The largest absolute Gasteiger partial charge is 0.481 e. The Balaban J connectivity index is 2.14. The van der Waals surface area contributed by atoms with Gasteiger partial charge in [-0.1, -0.05) is 23.2 Å². The third kappa shape index (κ3) is 4.30. The molecule has 0 atom stereocenters. The van der Waals surface area contributed by atoms with Crippen molar-refractivity contribution in [1.82, 2.24) is 9.78 Å². The van der Waals surface area contributed by atoms with Gasteiger partial charge in [-0.15, -0.1) is 0 Å². The van der Waals surface area contributed by atoms with E-state index in [1.54, 1.807) is 0 Å². The predicted octanol–water partition coefficient (Wildman–Crippen LogP) is 3.09. The molecule has 0 fully saturated rings. The molecule has 0 unspecified atom stereocenters. The summed E-state index contributed by atoms with van der Waals surface area (Å²) in [6.07, 6.45) is -0.919. The van der Waals surface area contributed by atoms with Crippen LogP contribution in [0.1, 0.15) is 28.1 Å². The van der Waals surface area contributed by atoms with Crippen LogP contribution in [-0.2, 0) is 4.79 Å². The van der Waals surface area contributed by atoms with Gasteiger partial charge in [-0.25, -0.2) is 0 Å². The molecule has 0 aliphatic rings. The summed E-state index contributed by atoms with van der Waals surface area (Å²) >= 11 is 11.7. The molecule has 0 saturated carbocycles. The molecule has 126 valence electrons. The van der Waals surface area contributed by atoms with Crippen molar-refractivity contribution in [2.75, 3.05) is 5.32 Å². The fourth-order valence-electron chi connectivity index (χ4n) is 1.74. The standard InChI is InChI=1S/C14H10Cl2FN3O4/c15-7-1-2-9(8(16)5-7)18-14(24)10-6-11(17)20(19-10)12(21)3-4-13(22)23/h1-2,5-6H,3-4H2,(H,18,24)(H,22,23). The number of carbonyl (C=O) groups excluding carboxylic acids is 2. The number of hydrogen-bond donors (Lipinski definition) is 2. The first-order valence-corrected chi connectivity index (χ1v) is 7.30. The van der Waals surface area contributed by atoms with Crippen LogP contribution in [-0.4, -0.2) is 32.7 Å². The quantitative estimate of drug-likeness (QED) is 0.838. The molecule has 1 aromatic heterocycles. The zero-order chi connectivity index (χ0) is 17.9. The molecule has 1 heterocycles. The van der Waals surface area contributed by atoms with Crippen molar-refractivity contribution in [3.8, 4) is 0 Å². The van der Waals surface area contributed by atoms with Gasteiger partial charge in [-0.3, -0.25) is 14.4 Å². The van der Waals surface area contributed by atoms with Gasteiger partial charge in [0.1, 0.15) is 0 Å². The number of anilines is 1. The van der Waals surface area contributed by atoms with Crippen LogP contribution in [0.5, 0.6) is 0 Å². The molecule has 2 rings (SSSR count). The van der Waals surface area contributed by atoms with Gasteiger partial charge in [0.05, 0.1) is 17.1 Å². The summed E-state index contributed by atoms with van der Waals surface area (Å²) < 4.78 is 14.1. The highest BCUT2D eigenvalue weighted by atomic mass is 35.5. The van der Waals surface area contributed by atoms with Gasteiger partial charge in [0, 0.05) is 17.5 Å². The van der Waals surface area contributed by atoms with E-state index in [1.165, 1.54) is 18.2 Å². The molecule has 0 spiro atoms. The number of carboxylic acids is 1. The van der Waals surface area contributed by atoms with Gasteiger partial charge in [-0.2, -0.15) is 14.2 Å². The van der Waals surface area contributed by atoms with Crippen LogP contribution < -0.4 is 5.32 Å². The Morgan fingerprint density at radius 1 is 1.21 bits per heavy atom. The number of benzene rings is 1. The summed E-state index contributed by atoms with van der Waals surface area (Å²) in [5.41, 5.74) is -0.125.